The molecule has 1 aromatic carbocycles. The number of methoxy groups -OCH3 is 1. The number of fused-ring (bicyclic) bond motifs is 3. The Bertz CT molecular complexity index is 534. The van der Waals surface area contributed by atoms with Gasteiger partial charge in [-0.05, 0) is 43.4 Å². The van der Waals surface area contributed by atoms with Crippen LogP contribution in [-0.4, -0.2) is 18.7 Å². The lowest BCUT2D eigenvalue weighted by Gasteiger charge is -2.49. The molecule has 3 aliphatic carbocycles. The van der Waals surface area contributed by atoms with Crippen LogP contribution in [0.1, 0.15) is 38.2 Å². The second kappa shape index (κ2) is 3.92. The predicted octanol–water partition coefficient (Wildman–Crippen LogP) is 2.67. The van der Waals surface area contributed by atoms with E-state index in [1.165, 1.54) is 0 Å². The van der Waals surface area contributed by atoms with Gasteiger partial charge in [-0.2, -0.15) is 0 Å². The van der Waals surface area contributed by atoms with Gasteiger partial charge in [0.1, 0.15) is 5.75 Å². The van der Waals surface area contributed by atoms with Crippen LogP contribution in [-0.2, 0) is 15.0 Å². The van der Waals surface area contributed by atoms with E-state index >= 15 is 0 Å². The third-order valence-electron chi connectivity index (χ3n) is 5.04. The highest BCUT2D eigenvalue weighted by Gasteiger charge is 2.58. The van der Waals surface area contributed by atoms with Gasteiger partial charge in [0.05, 0.1) is 12.5 Å². The van der Waals surface area contributed by atoms with Crippen LogP contribution in [0.5, 0.6) is 5.75 Å². The summed E-state index contributed by atoms with van der Waals surface area (Å²) in [5.74, 6) is 0.425. The summed E-state index contributed by atoms with van der Waals surface area (Å²) in [5, 5.41) is 0. The summed E-state index contributed by atoms with van der Waals surface area (Å²) in [6.07, 6.45) is 3.23. The topological polar surface area (TPSA) is 43.4 Å². The molecule has 3 nitrogen and oxygen atoms in total. The van der Waals surface area contributed by atoms with E-state index in [4.69, 9.17) is 4.74 Å². The highest BCUT2D eigenvalue weighted by molar-refractivity contribution is 6.43. The van der Waals surface area contributed by atoms with Gasteiger partial charge >= 0.3 is 0 Å². The number of hydrogen-bond acceptors (Lipinski definition) is 3. The van der Waals surface area contributed by atoms with Crippen LogP contribution < -0.4 is 4.74 Å². The maximum Gasteiger partial charge on any atom is 0.209 e. The van der Waals surface area contributed by atoms with Gasteiger partial charge in [0.15, 0.2) is 0 Å². The lowest BCUT2D eigenvalue weighted by molar-refractivity contribution is -0.154. The van der Waals surface area contributed by atoms with E-state index in [0.717, 1.165) is 37.0 Å². The molecule has 0 heterocycles. The van der Waals surface area contributed by atoms with Crippen molar-refractivity contribution in [3.63, 3.8) is 0 Å². The number of Topliss-reactive ketones (excluding diaryl/α,β-unsaturated/α-hetero) is 2. The molecule has 4 rings (SSSR count). The molecule has 0 N–H and O–H groups in total. The van der Waals surface area contributed by atoms with Crippen LogP contribution in [0.25, 0.3) is 0 Å². The van der Waals surface area contributed by atoms with Crippen molar-refractivity contribution < 1.29 is 14.3 Å². The van der Waals surface area contributed by atoms with Crippen molar-refractivity contribution in [1.82, 2.24) is 0 Å². The molecule has 19 heavy (non-hydrogen) atoms. The van der Waals surface area contributed by atoms with Crippen molar-refractivity contribution in [3.8, 4) is 5.75 Å². The maximum absolute atomic E-state index is 12.5. The summed E-state index contributed by atoms with van der Waals surface area (Å²) in [4.78, 5) is 24.7. The Hall–Kier alpha value is -1.64. The van der Waals surface area contributed by atoms with Crippen molar-refractivity contribution in [2.75, 3.05) is 7.11 Å². The first kappa shape index (κ1) is 12.4. The Kier molecular flexibility index (Phi) is 2.56. The van der Waals surface area contributed by atoms with Crippen molar-refractivity contribution in [2.24, 2.45) is 5.41 Å². The fourth-order valence-corrected chi connectivity index (χ4v) is 3.50. The molecule has 0 unspecified atom stereocenters. The summed E-state index contributed by atoms with van der Waals surface area (Å²) < 4.78 is 5.15. The maximum atomic E-state index is 12.5. The zero-order chi connectivity index (χ0) is 13.7. The number of carbonyl (C=O) groups is 2. The predicted molar refractivity (Wildman–Crippen MR) is 71.3 cm³/mol. The molecule has 3 fully saturated rings. The highest BCUT2D eigenvalue weighted by atomic mass is 16.5. The van der Waals surface area contributed by atoms with E-state index in [1.807, 2.05) is 31.2 Å². The van der Waals surface area contributed by atoms with Crippen LogP contribution in [0.15, 0.2) is 24.3 Å². The molecular formula is C16H18O3. The zero-order valence-corrected chi connectivity index (χ0v) is 11.4. The smallest absolute Gasteiger partial charge is 0.209 e. The lowest BCUT2D eigenvalue weighted by atomic mass is 9.51. The van der Waals surface area contributed by atoms with E-state index in [0.29, 0.717) is 0 Å². The second-order valence-electron chi connectivity index (χ2n) is 6.03. The van der Waals surface area contributed by atoms with Gasteiger partial charge in [0.25, 0.3) is 0 Å². The van der Waals surface area contributed by atoms with Crippen molar-refractivity contribution in [2.45, 2.75) is 38.0 Å². The Morgan fingerprint density at radius 3 is 2.05 bits per heavy atom. The van der Waals surface area contributed by atoms with E-state index in [2.05, 4.69) is 0 Å². The van der Waals surface area contributed by atoms with E-state index in [-0.39, 0.29) is 11.6 Å². The molecule has 0 atom stereocenters. The second-order valence-corrected chi connectivity index (χ2v) is 6.03. The molecule has 0 amide bonds. The molecule has 0 saturated heterocycles. The van der Waals surface area contributed by atoms with E-state index in [9.17, 15) is 9.59 Å². The monoisotopic (exact) mass is 258 g/mol. The van der Waals surface area contributed by atoms with E-state index < -0.39 is 10.8 Å². The first-order chi connectivity index (χ1) is 9.02. The van der Waals surface area contributed by atoms with Gasteiger partial charge in [-0.15, -0.1) is 0 Å². The minimum atomic E-state index is -0.568. The summed E-state index contributed by atoms with van der Waals surface area (Å²) in [6, 6.07) is 7.59. The Morgan fingerprint density at radius 1 is 0.947 bits per heavy atom. The molecular weight excluding hydrogens is 240 g/mol. The van der Waals surface area contributed by atoms with Crippen LogP contribution >= 0.6 is 0 Å². The van der Waals surface area contributed by atoms with Crippen molar-refractivity contribution in [3.05, 3.63) is 29.8 Å². The van der Waals surface area contributed by atoms with Crippen molar-refractivity contribution >= 4 is 11.6 Å². The summed E-state index contributed by atoms with van der Waals surface area (Å²) in [5.41, 5.74) is 0.000256. The fourth-order valence-electron chi connectivity index (χ4n) is 3.50. The molecule has 0 radical (unpaired) electrons. The molecule has 3 heteroatoms. The normalized spacial score (nSPS) is 33.6. The quantitative estimate of drug-likeness (QED) is 0.766. The molecule has 0 aromatic heterocycles. The summed E-state index contributed by atoms with van der Waals surface area (Å²) in [6.45, 7) is 1.93. The van der Waals surface area contributed by atoms with Crippen LogP contribution in [0.4, 0.5) is 0 Å². The summed E-state index contributed by atoms with van der Waals surface area (Å²) in [7, 11) is 1.62. The summed E-state index contributed by atoms with van der Waals surface area (Å²) >= 11 is 0. The number of benzene rings is 1. The molecule has 100 valence electrons. The third-order valence-corrected chi connectivity index (χ3v) is 5.04. The van der Waals surface area contributed by atoms with Gasteiger partial charge < -0.3 is 4.74 Å². The van der Waals surface area contributed by atoms with Crippen LogP contribution in [0.2, 0.25) is 0 Å². The first-order valence-electron chi connectivity index (χ1n) is 6.76. The number of rotatable bonds is 2. The molecule has 3 saturated carbocycles. The Morgan fingerprint density at radius 2 is 1.53 bits per heavy atom. The number of ether oxygens (including phenoxy) is 1. The van der Waals surface area contributed by atoms with Gasteiger partial charge in [0, 0.05) is 5.41 Å². The van der Waals surface area contributed by atoms with Crippen molar-refractivity contribution in [1.29, 1.82) is 0 Å². The van der Waals surface area contributed by atoms with Crippen LogP contribution in [0, 0.1) is 5.41 Å². The molecule has 0 aliphatic heterocycles. The highest BCUT2D eigenvalue weighted by Crippen LogP contribution is 2.53. The van der Waals surface area contributed by atoms with Gasteiger partial charge in [-0.1, -0.05) is 19.1 Å². The fraction of sp³-hybridized carbons (Fsp3) is 0.500. The zero-order valence-electron chi connectivity index (χ0n) is 11.4. The number of carbonyl (C=O) groups excluding carboxylic acids is 2. The average Bonchev–Trinajstić information content (AvgIpc) is 2.45. The average molecular weight is 258 g/mol. The number of hydrogen-bond donors (Lipinski definition) is 0. The lowest BCUT2D eigenvalue weighted by Crippen LogP contribution is -2.57. The first-order valence-corrected chi connectivity index (χ1v) is 6.76. The van der Waals surface area contributed by atoms with Gasteiger partial charge in [0.2, 0.25) is 11.6 Å². The standard InChI is InChI=1S/C16H18O3/c1-15-7-9-16(10-8-15,14(18)13(15)17)11-3-5-12(19-2)6-4-11/h3-6H,7-10H2,1-2H3. The molecule has 0 spiro atoms. The van der Waals surface area contributed by atoms with Gasteiger partial charge in [-0.3, -0.25) is 9.59 Å². The molecule has 1 aromatic rings. The van der Waals surface area contributed by atoms with Gasteiger partial charge in [-0.25, -0.2) is 0 Å². The third kappa shape index (κ3) is 1.57. The number of ketones is 2. The minimum absolute atomic E-state index is 0.166. The molecule has 3 aliphatic rings. The van der Waals surface area contributed by atoms with Crippen LogP contribution in [0.3, 0.4) is 0 Å². The largest absolute Gasteiger partial charge is 0.497 e. The van der Waals surface area contributed by atoms with E-state index in [1.54, 1.807) is 7.11 Å². The Labute approximate surface area is 113 Å². The SMILES string of the molecule is COc1ccc(C23CCC(C)(CC2)C(=O)C3=O)cc1. The molecule has 2 bridgehead atoms. The Balaban J connectivity index is 2.03. The minimum Gasteiger partial charge on any atom is -0.497 e.